The largest absolute Gasteiger partial charge is 0.457 e. The van der Waals surface area contributed by atoms with Crippen LogP contribution in [0.2, 0.25) is 15.1 Å². The van der Waals surface area contributed by atoms with E-state index in [4.69, 9.17) is 39.2 Å². The number of amides is 1. The van der Waals surface area contributed by atoms with Crippen LogP contribution in [0.1, 0.15) is 5.76 Å². The molecular formula is C20H10Cl3FN2O2S. The molecule has 0 bridgehead atoms. The number of furan rings is 1. The van der Waals surface area contributed by atoms with Gasteiger partial charge in [0.25, 0.3) is 5.91 Å². The number of rotatable bonds is 3. The van der Waals surface area contributed by atoms with E-state index >= 15 is 0 Å². The lowest BCUT2D eigenvalue weighted by Crippen LogP contribution is -2.19. The molecule has 1 aliphatic heterocycles. The van der Waals surface area contributed by atoms with E-state index in [1.807, 2.05) is 0 Å². The minimum atomic E-state index is -0.532. The Kier molecular flexibility index (Phi) is 5.69. The number of hydrogen-bond donors (Lipinski definition) is 1. The number of carbonyl (C=O) groups is 1. The van der Waals surface area contributed by atoms with Gasteiger partial charge in [0.15, 0.2) is 5.17 Å². The molecule has 0 spiro atoms. The molecule has 2 aromatic carbocycles. The van der Waals surface area contributed by atoms with E-state index in [0.29, 0.717) is 37.3 Å². The first-order valence-electron chi connectivity index (χ1n) is 8.19. The van der Waals surface area contributed by atoms with Crippen LogP contribution in [0.4, 0.5) is 10.1 Å². The van der Waals surface area contributed by atoms with Crippen molar-refractivity contribution in [1.29, 1.82) is 0 Å². The molecule has 1 aromatic heterocycles. The molecule has 0 unspecified atom stereocenters. The molecule has 4 rings (SSSR count). The predicted octanol–water partition coefficient (Wildman–Crippen LogP) is 6.94. The third kappa shape index (κ3) is 4.51. The van der Waals surface area contributed by atoms with E-state index in [1.54, 1.807) is 36.4 Å². The highest BCUT2D eigenvalue weighted by molar-refractivity contribution is 8.18. The lowest BCUT2D eigenvalue weighted by Gasteiger charge is -1.99. The van der Waals surface area contributed by atoms with Gasteiger partial charge in [0.05, 0.1) is 25.7 Å². The van der Waals surface area contributed by atoms with Crippen molar-refractivity contribution < 1.29 is 13.6 Å². The molecule has 0 aliphatic carbocycles. The topological polar surface area (TPSA) is 54.6 Å². The number of benzene rings is 2. The van der Waals surface area contributed by atoms with Gasteiger partial charge in [-0.2, -0.15) is 0 Å². The van der Waals surface area contributed by atoms with Crippen LogP contribution in [-0.4, -0.2) is 11.1 Å². The molecule has 0 saturated carbocycles. The molecule has 1 saturated heterocycles. The average molecular weight is 468 g/mol. The number of carbonyl (C=O) groups excluding carboxylic acids is 1. The van der Waals surface area contributed by atoms with Gasteiger partial charge in [0.1, 0.15) is 17.3 Å². The number of nitrogens with one attached hydrogen (secondary N) is 1. The number of halogens is 4. The zero-order chi connectivity index (χ0) is 20.5. The summed E-state index contributed by atoms with van der Waals surface area (Å²) >= 11 is 18.9. The molecule has 146 valence electrons. The Morgan fingerprint density at radius 3 is 2.59 bits per heavy atom. The maximum Gasteiger partial charge on any atom is 0.264 e. The highest BCUT2D eigenvalue weighted by Gasteiger charge is 2.24. The van der Waals surface area contributed by atoms with E-state index in [9.17, 15) is 9.18 Å². The second kappa shape index (κ2) is 8.24. The second-order valence-electron chi connectivity index (χ2n) is 5.91. The van der Waals surface area contributed by atoms with Gasteiger partial charge in [-0.25, -0.2) is 9.38 Å². The summed E-state index contributed by atoms with van der Waals surface area (Å²) in [6.07, 6.45) is 1.61. The van der Waals surface area contributed by atoms with Gasteiger partial charge < -0.3 is 9.73 Å². The molecule has 0 atom stereocenters. The standard InChI is InChI=1S/C20H10Cl3FN2O2S/c21-13-4-1-10(7-14(13)22)17-6-3-12(28-17)9-18-19(27)26-20(29-18)25-11-2-5-16(24)15(23)8-11/h1-9H,(H,25,26,27). The van der Waals surface area contributed by atoms with Crippen molar-refractivity contribution in [3.63, 3.8) is 0 Å². The summed E-state index contributed by atoms with van der Waals surface area (Å²) in [4.78, 5) is 16.9. The van der Waals surface area contributed by atoms with Crippen molar-refractivity contribution in [2.45, 2.75) is 0 Å². The van der Waals surface area contributed by atoms with E-state index in [-0.39, 0.29) is 10.9 Å². The highest BCUT2D eigenvalue weighted by Crippen LogP contribution is 2.32. The van der Waals surface area contributed by atoms with Crippen molar-refractivity contribution in [2.24, 2.45) is 4.99 Å². The van der Waals surface area contributed by atoms with Gasteiger partial charge in [-0.1, -0.05) is 34.8 Å². The van der Waals surface area contributed by atoms with E-state index in [0.717, 1.165) is 17.3 Å². The average Bonchev–Trinajstić information content (AvgIpc) is 3.28. The third-order valence-corrected chi connectivity index (χ3v) is 5.83. The fourth-order valence-electron chi connectivity index (χ4n) is 2.52. The SMILES string of the molecule is O=C1NC(=Nc2ccc(F)c(Cl)c2)SC1=Cc1ccc(-c2ccc(Cl)c(Cl)c2)o1. The van der Waals surface area contributed by atoms with Crippen molar-refractivity contribution in [2.75, 3.05) is 0 Å². The predicted molar refractivity (Wildman–Crippen MR) is 116 cm³/mol. The monoisotopic (exact) mass is 466 g/mol. The Morgan fingerprint density at radius 1 is 1.00 bits per heavy atom. The molecule has 3 aromatic rings. The molecule has 1 aliphatic rings. The normalized spacial score (nSPS) is 16.6. The second-order valence-corrected chi connectivity index (χ2v) is 8.16. The molecule has 29 heavy (non-hydrogen) atoms. The van der Waals surface area contributed by atoms with Crippen LogP contribution in [-0.2, 0) is 4.79 Å². The molecule has 1 fully saturated rings. The Bertz CT molecular complexity index is 1190. The molecule has 1 N–H and O–H groups in total. The molecule has 0 radical (unpaired) electrons. The van der Waals surface area contributed by atoms with E-state index in [1.165, 1.54) is 18.2 Å². The first kappa shape index (κ1) is 20.0. The third-order valence-electron chi connectivity index (χ3n) is 3.89. The molecule has 1 amide bonds. The summed E-state index contributed by atoms with van der Waals surface area (Å²) in [5.74, 6) is 0.243. The molecule has 4 nitrogen and oxygen atoms in total. The zero-order valence-electron chi connectivity index (χ0n) is 14.4. The first-order valence-corrected chi connectivity index (χ1v) is 10.1. The van der Waals surface area contributed by atoms with Gasteiger partial charge in [-0.3, -0.25) is 4.79 Å². The summed E-state index contributed by atoms with van der Waals surface area (Å²) in [7, 11) is 0. The van der Waals surface area contributed by atoms with Crippen molar-refractivity contribution in [1.82, 2.24) is 5.32 Å². The quantitative estimate of drug-likeness (QED) is 0.425. The highest BCUT2D eigenvalue weighted by atomic mass is 35.5. The first-order chi connectivity index (χ1) is 13.9. The van der Waals surface area contributed by atoms with E-state index in [2.05, 4.69) is 10.3 Å². The molecule has 2 heterocycles. The minimum absolute atomic E-state index is 0.0395. The number of amidine groups is 1. The van der Waals surface area contributed by atoms with Crippen molar-refractivity contribution in [3.05, 3.63) is 80.1 Å². The lowest BCUT2D eigenvalue weighted by molar-refractivity contribution is -0.115. The van der Waals surface area contributed by atoms with Crippen LogP contribution in [0.5, 0.6) is 0 Å². The maximum absolute atomic E-state index is 13.3. The van der Waals surface area contributed by atoms with Gasteiger partial charge in [0, 0.05) is 11.6 Å². The molecular weight excluding hydrogens is 458 g/mol. The summed E-state index contributed by atoms with van der Waals surface area (Å²) in [6, 6.07) is 12.8. The van der Waals surface area contributed by atoms with Crippen LogP contribution in [0, 0.1) is 5.82 Å². The van der Waals surface area contributed by atoms with Crippen molar-refractivity contribution in [3.8, 4) is 11.3 Å². The van der Waals surface area contributed by atoms with Crippen LogP contribution in [0.3, 0.4) is 0 Å². The van der Waals surface area contributed by atoms with Crippen LogP contribution in [0.25, 0.3) is 17.4 Å². The van der Waals surface area contributed by atoms with Gasteiger partial charge >= 0.3 is 0 Å². The number of thioether (sulfide) groups is 1. The van der Waals surface area contributed by atoms with Crippen LogP contribution < -0.4 is 5.32 Å². The fourth-order valence-corrected chi connectivity index (χ4v) is 3.81. The van der Waals surface area contributed by atoms with Crippen LogP contribution >= 0.6 is 46.6 Å². The summed E-state index contributed by atoms with van der Waals surface area (Å²) in [6.45, 7) is 0. The lowest BCUT2D eigenvalue weighted by atomic mass is 10.2. The Morgan fingerprint density at radius 2 is 1.83 bits per heavy atom. The number of aliphatic imine (C=N–C) groups is 1. The summed E-state index contributed by atoms with van der Waals surface area (Å²) in [5, 5.41) is 3.86. The Labute approximate surface area is 184 Å². The number of hydrogen-bond acceptors (Lipinski definition) is 4. The Hall–Kier alpha value is -2.25. The molecule has 9 heteroatoms. The van der Waals surface area contributed by atoms with Crippen molar-refractivity contribution >= 4 is 69.4 Å². The fraction of sp³-hybridized carbons (Fsp3) is 0. The summed E-state index contributed by atoms with van der Waals surface area (Å²) in [5.41, 5.74) is 1.20. The summed E-state index contributed by atoms with van der Waals surface area (Å²) < 4.78 is 19.0. The van der Waals surface area contributed by atoms with Gasteiger partial charge in [0.2, 0.25) is 0 Å². The zero-order valence-corrected chi connectivity index (χ0v) is 17.5. The van der Waals surface area contributed by atoms with Crippen LogP contribution in [0.15, 0.2) is 62.8 Å². The van der Waals surface area contributed by atoms with E-state index < -0.39 is 5.82 Å². The Balaban J connectivity index is 1.55. The minimum Gasteiger partial charge on any atom is -0.457 e. The smallest absolute Gasteiger partial charge is 0.264 e. The number of nitrogens with zero attached hydrogens (tertiary/aromatic N) is 1. The van der Waals surface area contributed by atoms with Gasteiger partial charge in [-0.05, 0) is 60.3 Å². The maximum atomic E-state index is 13.3. The van der Waals surface area contributed by atoms with Gasteiger partial charge in [-0.15, -0.1) is 0 Å².